The van der Waals surface area contributed by atoms with Gasteiger partial charge in [0.25, 0.3) is 0 Å². The van der Waals surface area contributed by atoms with Crippen molar-refractivity contribution in [2.24, 2.45) is 0 Å². The van der Waals surface area contributed by atoms with Gasteiger partial charge in [0.2, 0.25) is 5.91 Å². The van der Waals surface area contributed by atoms with Crippen molar-refractivity contribution in [2.75, 3.05) is 10.6 Å². The quantitative estimate of drug-likeness (QED) is 0.475. The summed E-state index contributed by atoms with van der Waals surface area (Å²) in [5, 5.41) is 18.8. The minimum absolute atomic E-state index is 0.135. The third-order valence-electron chi connectivity index (χ3n) is 1.68. The number of halogens is 1. The highest BCUT2D eigenvalue weighted by Crippen LogP contribution is 2.07. The van der Waals surface area contributed by atoms with Crippen LogP contribution in [0.15, 0.2) is 0 Å². The lowest BCUT2D eigenvalue weighted by molar-refractivity contribution is -0.254. The SMILES string of the molecule is Cc1nc(COO)nnc1NC(=O)CCBr. The summed E-state index contributed by atoms with van der Waals surface area (Å²) >= 11 is 3.16. The third-order valence-corrected chi connectivity index (χ3v) is 2.07. The molecular formula is C8H11BrN4O3. The summed E-state index contributed by atoms with van der Waals surface area (Å²) in [4.78, 5) is 19.1. The molecule has 88 valence electrons. The summed E-state index contributed by atoms with van der Waals surface area (Å²) in [6.45, 7) is 1.54. The van der Waals surface area contributed by atoms with Gasteiger partial charge in [0.05, 0.1) is 5.69 Å². The van der Waals surface area contributed by atoms with Gasteiger partial charge in [-0.15, -0.1) is 10.2 Å². The van der Waals surface area contributed by atoms with Crippen molar-refractivity contribution in [3.05, 3.63) is 11.5 Å². The number of nitrogens with one attached hydrogen (secondary N) is 1. The Kier molecular flexibility index (Phi) is 5.23. The number of hydrogen-bond acceptors (Lipinski definition) is 6. The Balaban J connectivity index is 2.71. The van der Waals surface area contributed by atoms with E-state index < -0.39 is 0 Å². The van der Waals surface area contributed by atoms with Crippen molar-refractivity contribution in [1.29, 1.82) is 0 Å². The van der Waals surface area contributed by atoms with Gasteiger partial charge >= 0.3 is 0 Å². The average molecular weight is 291 g/mol. The zero-order chi connectivity index (χ0) is 12.0. The molecule has 1 aromatic heterocycles. The van der Waals surface area contributed by atoms with E-state index in [9.17, 15) is 4.79 Å². The highest BCUT2D eigenvalue weighted by atomic mass is 79.9. The van der Waals surface area contributed by atoms with E-state index in [-0.39, 0.29) is 18.3 Å². The molecule has 1 amide bonds. The molecule has 1 heterocycles. The van der Waals surface area contributed by atoms with Crippen LogP contribution in [-0.2, 0) is 16.3 Å². The van der Waals surface area contributed by atoms with Crippen LogP contribution in [0.1, 0.15) is 17.9 Å². The highest BCUT2D eigenvalue weighted by molar-refractivity contribution is 9.09. The van der Waals surface area contributed by atoms with E-state index in [0.29, 0.717) is 23.3 Å². The predicted molar refractivity (Wildman–Crippen MR) is 59.0 cm³/mol. The first-order valence-electron chi connectivity index (χ1n) is 4.49. The molecule has 1 rings (SSSR count). The average Bonchev–Trinajstić information content (AvgIpc) is 2.23. The van der Waals surface area contributed by atoms with E-state index in [1.165, 1.54) is 0 Å². The topological polar surface area (TPSA) is 97.2 Å². The van der Waals surface area contributed by atoms with Crippen molar-refractivity contribution >= 4 is 27.7 Å². The number of rotatable bonds is 5. The summed E-state index contributed by atoms with van der Waals surface area (Å²) in [5.41, 5.74) is 0.518. The number of alkyl halides is 1. The molecule has 0 saturated carbocycles. The molecule has 0 aliphatic heterocycles. The fraction of sp³-hybridized carbons (Fsp3) is 0.500. The van der Waals surface area contributed by atoms with Crippen LogP contribution in [0.5, 0.6) is 0 Å². The highest BCUT2D eigenvalue weighted by Gasteiger charge is 2.08. The molecule has 0 radical (unpaired) electrons. The number of aryl methyl sites for hydroxylation is 1. The molecule has 2 N–H and O–H groups in total. The molecule has 0 spiro atoms. The van der Waals surface area contributed by atoms with Crippen LogP contribution in [0.4, 0.5) is 5.82 Å². The van der Waals surface area contributed by atoms with Gasteiger partial charge in [-0.2, -0.15) is 0 Å². The summed E-state index contributed by atoms with van der Waals surface area (Å²) < 4.78 is 0. The van der Waals surface area contributed by atoms with E-state index in [0.717, 1.165) is 0 Å². The van der Waals surface area contributed by atoms with Crippen molar-refractivity contribution in [3.8, 4) is 0 Å². The molecule has 0 unspecified atom stereocenters. The lowest BCUT2D eigenvalue weighted by Crippen LogP contribution is -2.16. The van der Waals surface area contributed by atoms with Gasteiger partial charge in [0, 0.05) is 11.8 Å². The van der Waals surface area contributed by atoms with E-state index >= 15 is 0 Å². The molecule has 1 aromatic rings. The largest absolute Gasteiger partial charge is 0.308 e. The maximum absolute atomic E-state index is 11.3. The van der Waals surface area contributed by atoms with Gasteiger partial charge in [-0.25, -0.2) is 9.87 Å². The molecule has 0 fully saturated rings. The lowest BCUT2D eigenvalue weighted by Gasteiger charge is -2.05. The number of hydrogen-bond donors (Lipinski definition) is 2. The second kappa shape index (κ2) is 6.46. The minimum atomic E-state index is -0.165. The molecule has 0 aliphatic rings. The van der Waals surface area contributed by atoms with Crippen LogP contribution in [-0.4, -0.2) is 31.7 Å². The first kappa shape index (κ1) is 12.9. The first-order chi connectivity index (χ1) is 7.67. The maximum atomic E-state index is 11.3. The fourth-order valence-corrected chi connectivity index (χ4v) is 1.32. The summed E-state index contributed by atoms with van der Waals surface area (Å²) in [7, 11) is 0. The molecule has 16 heavy (non-hydrogen) atoms. The van der Waals surface area contributed by atoms with Crippen LogP contribution >= 0.6 is 15.9 Å². The Hall–Kier alpha value is -1.12. The predicted octanol–water partition coefficient (Wildman–Crippen LogP) is 0.893. The van der Waals surface area contributed by atoms with Gasteiger partial charge in [0.15, 0.2) is 11.6 Å². The number of anilines is 1. The summed E-state index contributed by atoms with van der Waals surface area (Å²) in [5.74, 6) is 0.397. The Morgan fingerprint density at radius 3 is 2.88 bits per heavy atom. The van der Waals surface area contributed by atoms with E-state index in [1.54, 1.807) is 6.92 Å². The Labute approximate surface area is 100 Å². The zero-order valence-electron chi connectivity index (χ0n) is 8.60. The van der Waals surface area contributed by atoms with Crippen LogP contribution in [0.25, 0.3) is 0 Å². The van der Waals surface area contributed by atoms with Crippen LogP contribution in [0.3, 0.4) is 0 Å². The number of nitrogens with zero attached hydrogens (tertiary/aromatic N) is 3. The second-order valence-electron chi connectivity index (χ2n) is 2.92. The maximum Gasteiger partial charge on any atom is 0.226 e. The first-order valence-corrected chi connectivity index (χ1v) is 5.62. The molecular weight excluding hydrogens is 280 g/mol. The van der Waals surface area contributed by atoms with Gasteiger partial charge < -0.3 is 5.32 Å². The molecule has 8 heteroatoms. The van der Waals surface area contributed by atoms with Gasteiger partial charge in [-0.05, 0) is 6.92 Å². The lowest BCUT2D eigenvalue weighted by atomic mass is 10.4. The molecule has 0 saturated heterocycles. The molecule has 0 aromatic carbocycles. The van der Waals surface area contributed by atoms with Crippen molar-refractivity contribution in [3.63, 3.8) is 0 Å². The normalized spacial score (nSPS) is 10.2. The van der Waals surface area contributed by atoms with E-state index in [4.69, 9.17) is 5.26 Å². The van der Waals surface area contributed by atoms with Gasteiger partial charge in [-0.3, -0.25) is 10.1 Å². The minimum Gasteiger partial charge on any atom is -0.308 e. The van der Waals surface area contributed by atoms with Crippen LogP contribution in [0.2, 0.25) is 0 Å². The van der Waals surface area contributed by atoms with Crippen molar-refractivity contribution in [1.82, 2.24) is 15.2 Å². The number of carbonyl (C=O) groups excluding carboxylic acids is 1. The molecule has 0 atom stereocenters. The smallest absolute Gasteiger partial charge is 0.226 e. The number of aromatic nitrogens is 3. The standard InChI is InChI=1S/C8H11BrN4O3/c1-5-8(11-7(14)2-3-9)13-12-6(10-5)4-16-15/h15H,2-4H2,1H3,(H,11,13,14). The Morgan fingerprint density at radius 1 is 1.56 bits per heavy atom. The monoisotopic (exact) mass is 290 g/mol. The van der Waals surface area contributed by atoms with Crippen molar-refractivity contribution in [2.45, 2.75) is 20.0 Å². The molecule has 7 nitrogen and oxygen atoms in total. The summed E-state index contributed by atoms with van der Waals surface area (Å²) in [6.07, 6.45) is 0.350. The van der Waals surface area contributed by atoms with Gasteiger partial charge in [-0.1, -0.05) is 15.9 Å². The van der Waals surface area contributed by atoms with Gasteiger partial charge in [0.1, 0.15) is 6.61 Å². The molecule has 0 bridgehead atoms. The van der Waals surface area contributed by atoms with E-state index in [1.807, 2.05) is 0 Å². The van der Waals surface area contributed by atoms with Crippen molar-refractivity contribution < 1.29 is 14.9 Å². The Morgan fingerprint density at radius 2 is 2.31 bits per heavy atom. The number of amides is 1. The third kappa shape index (κ3) is 3.80. The van der Waals surface area contributed by atoms with E-state index in [2.05, 4.69) is 41.3 Å². The van der Waals surface area contributed by atoms with Crippen LogP contribution < -0.4 is 5.32 Å². The fourth-order valence-electron chi connectivity index (χ4n) is 0.964. The Bertz CT molecular complexity index is 374. The zero-order valence-corrected chi connectivity index (χ0v) is 10.2. The van der Waals surface area contributed by atoms with Crippen LogP contribution in [0, 0.1) is 6.92 Å². The second-order valence-corrected chi connectivity index (χ2v) is 3.72. The number of carbonyl (C=O) groups is 1. The molecule has 0 aliphatic carbocycles. The summed E-state index contributed by atoms with van der Waals surface area (Å²) in [6, 6.07) is 0.